The first kappa shape index (κ1) is 16.7. The first-order chi connectivity index (χ1) is 6.22. The van der Waals surface area contributed by atoms with Crippen molar-refractivity contribution in [1.82, 2.24) is 0 Å². The number of halogens is 2. The second-order valence-electron chi connectivity index (χ2n) is 2.98. The summed E-state index contributed by atoms with van der Waals surface area (Å²) in [5.41, 5.74) is 13.2. The van der Waals surface area contributed by atoms with Crippen LogP contribution in [0, 0.1) is 0 Å². The average Bonchev–Trinajstić information content (AvgIpc) is 2.15. The van der Waals surface area contributed by atoms with Crippen LogP contribution in [0.3, 0.4) is 0 Å². The lowest BCUT2D eigenvalue weighted by Crippen LogP contribution is -2.05. The maximum atomic E-state index is 5.51. The largest absolute Gasteiger partial charge is 0.388 e. The van der Waals surface area contributed by atoms with Crippen LogP contribution in [0.15, 0.2) is 29.3 Å². The van der Waals surface area contributed by atoms with Crippen LogP contribution in [0.1, 0.15) is 18.1 Å². The Morgan fingerprint density at radius 1 is 1.27 bits per heavy atom. The molecule has 0 aliphatic carbocycles. The van der Waals surface area contributed by atoms with Gasteiger partial charge in [0.15, 0.2) is 0 Å². The third kappa shape index (κ3) is 6.33. The van der Waals surface area contributed by atoms with Crippen LogP contribution in [0.25, 0.3) is 0 Å². The standard InChI is InChI=1S/C10H15N3.2ClH/c1-8(12)13-7-10-4-2-3-9(5-10)6-11;;/h2-5H,6-7,11H2,1H3,(H2,12,13);2*1H. The third-order valence-corrected chi connectivity index (χ3v) is 1.74. The van der Waals surface area contributed by atoms with E-state index in [-0.39, 0.29) is 24.8 Å². The zero-order valence-corrected chi connectivity index (χ0v) is 10.3. The third-order valence-electron chi connectivity index (χ3n) is 1.74. The van der Waals surface area contributed by atoms with E-state index < -0.39 is 0 Å². The zero-order chi connectivity index (χ0) is 9.68. The molecule has 0 fully saturated rings. The molecule has 0 aliphatic rings. The lowest BCUT2D eigenvalue weighted by Gasteiger charge is -2.00. The summed E-state index contributed by atoms with van der Waals surface area (Å²) in [4.78, 5) is 4.12. The number of benzene rings is 1. The Morgan fingerprint density at radius 2 is 1.87 bits per heavy atom. The number of nitrogens with two attached hydrogens (primary N) is 2. The number of nitrogens with zero attached hydrogens (tertiary/aromatic N) is 1. The summed E-state index contributed by atoms with van der Waals surface area (Å²) in [6, 6.07) is 8.06. The molecule has 0 spiro atoms. The van der Waals surface area contributed by atoms with E-state index in [1.165, 1.54) is 0 Å². The number of hydrogen-bond donors (Lipinski definition) is 2. The Hall–Kier alpha value is -0.770. The first-order valence-corrected chi connectivity index (χ1v) is 4.27. The number of amidine groups is 1. The molecule has 1 aromatic rings. The van der Waals surface area contributed by atoms with Crippen LogP contribution >= 0.6 is 24.8 Å². The number of rotatable bonds is 3. The van der Waals surface area contributed by atoms with E-state index in [0.717, 1.165) is 11.1 Å². The second kappa shape index (κ2) is 8.53. The molecular weight excluding hydrogens is 233 g/mol. The predicted molar refractivity (Wildman–Crippen MR) is 69.8 cm³/mol. The van der Waals surface area contributed by atoms with Gasteiger partial charge < -0.3 is 11.5 Å². The van der Waals surface area contributed by atoms with Gasteiger partial charge in [0, 0.05) is 6.54 Å². The molecule has 0 saturated carbocycles. The van der Waals surface area contributed by atoms with Crippen molar-refractivity contribution in [2.75, 3.05) is 0 Å². The summed E-state index contributed by atoms with van der Waals surface area (Å²) in [6.45, 7) is 2.99. The molecule has 0 aromatic heterocycles. The molecule has 0 atom stereocenters. The molecule has 3 nitrogen and oxygen atoms in total. The molecule has 0 saturated heterocycles. The van der Waals surface area contributed by atoms with E-state index in [1.807, 2.05) is 24.3 Å². The molecule has 0 heterocycles. The molecule has 15 heavy (non-hydrogen) atoms. The van der Waals surface area contributed by atoms with Crippen LogP contribution in [0.2, 0.25) is 0 Å². The van der Waals surface area contributed by atoms with Crippen LogP contribution in [0.5, 0.6) is 0 Å². The molecule has 1 rings (SSSR count). The first-order valence-electron chi connectivity index (χ1n) is 4.27. The van der Waals surface area contributed by atoms with Crippen LogP contribution in [0.4, 0.5) is 0 Å². The fourth-order valence-electron chi connectivity index (χ4n) is 1.07. The predicted octanol–water partition coefficient (Wildman–Crippen LogP) is 1.87. The second-order valence-corrected chi connectivity index (χ2v) is 2.98. The Balaban J connectivity index is 0. The highest BCUT2D eigenvalue weighted by molar-refractivity contribution is 5.85. The smallest absolute Gasteiger partial charge is 0.0909 e. The summed E-state index contributed by atoms with van der Waals surface area (Å²) < 4.78 is 0. The number of hydrogen-bond acceptors (Lipinski definition) is 2. The van der Waals surface area contributed by atoms with Crippen molar-refractivity contribution in [2.45, 2.75) is 20.0 Å². The van der Waals surface area contributed by atoms with E-state index in [0.29, 0.717) is 18.9 Å². The lowest BCUT2D eigenvalue weighted by molar-refractivity contribution is 1.02. The monoisotopic (exact) mass is 249 g/mol. The van der Waals surface area contributed by atoms with Gasteiger partial charge in [-0.25, -0.2) is 0 Å². The normalized spacial score (nSPS) is 10.1. The van der Waals surface area contributed by atoms with Gasteiger partial charge in [0.2, 0.25) is 0 Å². The molecule has 0 amide bonds. The molecule has 5 heteroatoms. The Kier molecular flexibility index (Phi) is 9.47. The van der Waals surface area contributed by atoms with E-state index in [1.54, 1.807) is 6.92 Å². The van der Waals surface area contributed by atoms with Crippen molar-refractivity contribution in [3.05, 3.63) is 35.4 Å². The quantitative estimate of drug-likeness (QED) is 0.635. The van der Waals surface area contributed by atoms with Gasteiger partial charge >= 0.3 is 0 Å². The molecule has 86 valence electrons. The van der Waals surface area contributed by atoms with Crippen molar-refractivity contribution in [1.29, 1.82) is 0 Å². The van der Waals surface area contributed by atoms with E-state index in [4.69, 9.17) is 11.5 Å². The highest BCUT2D eigenvalue weighted by Crippen LogP contribution is 2.05. The number of aliphatic imine (C=N–C) groups is 1. The lowest BCUT2D eigenvalue weighted by atomic mass is 10.1. The summed E-state index contributed by atoms with van der Waals surface area (Å²) >= 11 is 0. The maximum absolute atomic E-state index is 5.51. The summed E-state index contributed by atoms with van der Waals surface area (Å²) in [6.07, 6.45) is 0. The van der Waals surface area contributed by atoms with E-state index in [9.17, 15) is 0 Å². The molecule has 1 aromatic carbocycles. The summed E-state index contributed by atoms with van der Waals surface area (Å²) in [7, 11) is 0. The minimum atomic E-state index is 0. The fourth-order valence-corrected chi connectivity index (χ4v) is 1.07. The maximum Gasteiger partial charge on any atom is 0.0909 e. The van der Waals surface area contributed by atoms with Crippen molar-refractivity contribution < 1.29 is 0 Å². The molecular formula is C10H17Cl2N3. The van der Waals surface area contributed by atoms with E-state index >= 15 is 0 Å². The highest BCUT2D eigenvalue weighted by Gasteiger charge is 1.92. The van der Waals surface area contributed by atoms with Gasteiger partial charge in [-0.2, -0.15) is 0 Å². The Morgan fingerprint density at radius 3 is 2.40 bits per heavy atom. The fraction of sp³-hybridized carbons (Fsp3) is 0.300. The van der Waals surface area contributed by atoms with Gasteiger partial charge in [-0.3, -0.25) is 4.99 Å². The van der Waals surface area contributed by atoms with Crippen molar-refractivity contribution in [3.63, 3.8) is 0 Å². The zero-order valence-electron chi connectivity index (χ0n) is 8.64. The Labute approximate surface area is 103 Å². The van der Waals surface area contributed by atoms with Crippen molar-refractivity contribution in [2.24, 2.45) is 16.5 Å². The molecule has 0 radical (unpaired) electrons. The minimum Gasteiger partial charge on any atom is -0.388 e. The van der Waals surface area contributed by atoms with Crippen LogP contribution in [-0.2, 0) is 13.1 Å². The van der Waals surface area contributed by atoms with Gasteiger partial charge in [0.25, 0.3) is 0 Å². The average molecular weight is 250 g/mol. The van der Waals surface area contributed by atoms with Gasteiger partial charge in [-0.15, -0.1) is 24.8 Å². The molecule has 4 N–H and O–H groups in total. The minimum absolute atomic E-state index is 0. The van der Waals surface area contributed by atoms with Gasteiger partial charge in [0.1, 0.15) is 0 Å². The van der Waals surface area contributed by atoms with Crippen molar-refractivity contribution in [3.8, 4) is 0 Å². The molecule has 0 bridgehead atoms. The summed E-state index contributed by atoms with van der Waals surface area (Å²) in [5.74, 6) is 0.609. The molecule has 0 unspecified atom stereocenters. The van der Waals surface area contributed by atoms with Gasteiger partial charge in [-0.1, -0.05) is 24.3 Å². The summed E-state index contributed by atoms with van der Waals surface area (Å²) in [5, 5.41) is 0. The van der Waals surface area contributed by atoms with Crippen molar-refractivity contribution >= 4 is 30.6 Å². The van der Waals surface area contributed by atoms with Crippen LogP contribution in [-0.4, -0.2) is 5.84 Å². The Bertz CT molecular complexity index is 309. The highest BCUT2D eigenvalue weighted by atomic mass is 35.5. The SMILES string of the molecule is CC(N)=NCc1cccc(CN)c1.Cl.Cl. The van der Waals surface area contributed by atoms with Crippen LogP contribution < -0.4 is 11.5 Å². The van der Waals surface area contributed by atoms with Gasteiger partial charge in [0.05, 0.1) is 12.4 Å². The van der Waals surface area contributed by atoms with Gasteiger partial charge in [-0.05, 0) is 18.1 Å². The molecule has 0 aliphatic heterocycles. The van der Waals surface area contributed by atoms with E-state index in [2.05, 4.69) is 4.99 Å². The topological polar surface area (TPSA) is 64.4 Å².